The molecule has 0 atom stereocenters. The van der Waals surface area contributed by atoms with Crippen molar-refractivity contribution in [1.29, 1.82) is 5.26 Å². The fraction of sp³-hybridized carbons (Fsp3) is 0.556. The summed E-state index contributed by atoms with van der Waals surface area (Å²) in [5.74, 6) is -0.0547. The second kappa shape index (κ2) is 8.16. The first kappa shape index (κ1) is 20.4. The van der Waals surface area contributed by atoms with Crippen LogP contribution in [0, 0.1) is 11.3 Å². The van der Waals surface area contributed by atoms with Crippen LogP contribution in [0.1, 0.15) is 32.8 Å². The van der Waals surface area contributed by atoms with E-state index in [-0.39, 0.29) is 22.9 Å². The second-order valence-electron chi connectivity index (χ2n) is 7.47. The van der Waals surface area contributed by atoms with Gasteiger partial charge in [-0.25, -0.2) is 8.42 Å². The van der Waals surface area contributed by atoms with Crippen molar-refractivity contribution in [3.8, 4) is 6.07 Å². The molecule has 1 aliphatic rings. The minimum Gasteiger partial charge on any atom is -0.350 e. The molecule has 2 rings (SSSR count). The van der Waals surface area contributed by atoms with Gasteiger partial charge in [0.05, 0.1) is 23.1 Å². The van der Waals surface area contributed by atoms with Gasteiger partial charge >= 0.3 is 0 Å². The van der Waals surface area contributed by atoms with E-state index in [0.717, 1.165) is 0 Å². The third-order valence-corrected chi connectivity index (χ3v) is 5.96. The Hall–Kier alpha value is -1.95. The van der Waals surface area contributed by atoms with Gasteiger partial charge in [0.2, 0.25) is 15.9 Å². The Kier molecular flexibility index (Phi) is 6.39. The zero-order valence-electron chi connectivity index (χ0n) is 15.5. The Bertz CT molecular complexity index is 776. The maximum Gasteiger partial charge on any atom is 0.243 e. The molecule has 0 bridgehead atoms. The summed E-state index contributed by atoms with van der Waals surface area (Å²) in [6, 6.07) is 7.93. The summed E-state index contributed by atoms with van der Waals surface area (Å²) in [7, 11) is -3.59. The Morgan fingerprint density at radius 1 is 1.15 bits per heavy atom. The number of rotatable bonds is 4. The molecule has 0 unspecified atom stereocenters. The molecule has 1 saturated heterocycles. The fourth-order valence-corrected chi connectivity index (χ4v) is 4.33. The summed E-state index contributed by atoms with van der Waals surface area (Å²) in [5.41, 5.74) is 0.143. The molecule has 0 saturated carbocycles. The van der Waals surface area contributed by atoms with Gasteiger partial charge in [-0.3, -0.25) is 9.69 Å². The van der Waals surface area contributed by atoms with Gasteiger partial charge in [-0.05, 0) is 58.0 Å². The number of hydrogen-bond donors (Lipinski definition) is 1. The van der Waals surface area contributed by atoms with Crippen LogP contribution in [0.15, 0.2) is 29.2 Å². The van der Waals surface area contributed by atoms with Crippen LogP contribution in [0.2, 0.25) is 0 Å². The largest absolute Gasteiger partial charge is 0.350 e. The first-order valence-corrected chi connectivity index (χ1v) is 10.1. The van der Waals surface area contributed by atoms with Gasteiger partial charge in [0.15, 0.2) is 0 Å². The van der Waals surface area contributed by atoms with Gasteiger partial charge in [-0.15, -0.1) is 0 Å². The zero-order valence-corrected chi connectivity index (χ0v) is 16.3. The van der Waals surface area contributed by atoms with E-state index < -0.39 is 10.0 Å². The molecule has 1 amide bonds. The van der Waals surface area contributed by atoms with E-state index in [2.05, 4.69) is 5.32 Å². The lowest BCUT2D eigenvalue weighted by molar-refractivity contribution is -0.123. The van der Waals surface area contributed by atoms with Crippen LogP contribution in [-0.2, 0) is 14.8 Å². The molecule has 1 aliphatic heterocycles. The van der Waals surface area contributed by atoms with Crippen LogP contribution in [0.3, 0.4) is 0 Å². The van der Waals surface area contributed by atoms with Gasteiger partial charge < -0.3 is 5.32 Å². The van der Waals surface area contributed by atoms with Gasteiger partial charge in [0, 0.05) is 25.2 Å². The highest BCUT2D eigenvalue weighted by molar-refractivity contribution is 7.89. The SMILES string of the molecule is CC(C)(C)NC(=O)CN1CCCN(S(=O)(=O)c2ccc(C#N)cc2)CC1. The van der Waals surface area contributed by atoms with E-state index in [1.54, 1.807) is 0 Å². The highest BCUT2D eigenvalue weighted by atomic mass is 32.2. The highest BCUT2D eigenvalue weighted by Gasteiger charge is 2.27. The predicted octanol–water partition coefficient (Wildman–Crippen LogP) is 1.17. The third kappa shape index (κ3) is 5.53. The molecule has 1 aromatic rings. The number of carbonyl (C=O) groups is 1. The zero-order chi connectivity index (χ0) is 19.4. The molecule has 0 aliphatic carbocycles. The number of nitrogens with zero attached hydrogens (tertiary/aromatic N) is 3. The van der Waals surface area contributed by atoms with Crippen molar-refractivity contribution < 1.29 is 13.2 Å². The number of benzene rings is 1. The van der Waals surface area contributed by atoms with E-state index >= 15 is 0 Å². The van der Waals surface area contributed by atoms with Crippen molar-refractivity contribution in [1.82, 2.24) is 14.5 Å². The standard InChI is InChI=1S/C18H26N4O3S/c1-18(2,3)20-17(23)14-21-9-4-10-22(12-11-21)26(24,25)16-7-5-15(13-19)6-8-16/h5-8H,4,9-12,14H2,1-3H3,(H,20,23). The molecule has 26 heavy (non-hydrogen) atoms. The normalized spacial score (nSPS) is 17.3. The monoisotopic (exact) mass is 378 g/mol. The van der Waals surface area contributed by atoms with Crippen molar-refractivity contribution in [2.24, 2.45) is 0 Å². The van der Waals surface area contributed by atoms with E-state index in [0.29, 0.717) is 38.2 Å². The summed E-state index contributed by atoms with van der Waals surface area (Å²) in [5, 5.41) is 11.8. The van der Waals surface area contributed by atoms with Crippen LogP contribution >= 0.6 is 0 Å². The summed E-state index contributed by atoms with van der Waals surface area (Å²) >= 11 is 0. The predicted molar refractivity (Wildman–Crippen MR) is 98.9 cm³/mol. The number of sulfonamides is 1. The maximum absolute atomic E-state index is 12.8. The molecule has 8 heteroatoms. The summed E-state index contributed by atoms with van der Waals surface area (Å²) in [4.78, 5) is 14.3. The molecule has 7 nitrogen and oxygen atoms in total. The first-order valence-electron chi connectivity index (χ1n) is 8.65. The van der Waals surface area contributed by atoms with Gasteiger partial charge in [-0.1, -0.05) is 0 Å². The molecule has 1 N–H and O–H groups in total. The molecule has 1 fully saturated rings. The average molecular weight is 378 g/mol. The van der Waals surface area contributed by atoms with E-state index in [4.69, 9.17) is 5.26 Å². The van der Waals surface area contributed by atoms with Crippen molar-refractivity contribution >= 4 is 15.9 Å². The molecule has 142 valence electrons. The summed E-state index contributed by atoms with van der Waals surface area (Å²) < 4.78 is 27.1. The molecule has 0 radical (unpaired) electrons. The lowest BCUT2D eigenvalue weighted by atomic mass is 10.1. The van der Waals surface area contributed by atoms with Gasteiger partial charge in [-0.2, -0.15) is 9.57 Å². The number of carbonyl (C=O) groups excluding carboxylic acids is 1. The topological polar surface area (TPSA) is 93.5 Å². The van der Waals surface area contributed by atoms with Crippen LogP contribution in [0.25, 0.3) is 0 Å². The molecule has 0 aromatic heterocycles. The lowest BCUT2D eigenvalue weighted by Crippen LogP contribution is -2.46. The van der Waals surface area contributed by atoms with Gasteiger partial charge in [0.25, 0.3) is 0 Å². The average Bonchev–Trinajstić information content (AvgIpc) is 2.79. The van der Waals surface area contributed by atoms with Crippen LogP contribution < -0.4 is 5.32 Å². The molecular formula is C18H26N4O3S. The highest BCUT2D eigenvalue weighted by Crippen LogP contribution is 2.18. The van der Waals surface area contributed by atoms with Crippen LogP contribution in [-0.4, -0.2) is 61.8 Å². The molecular weight excluding hydrogens is 352 g/mol. The van der Waals surface area contributed by atoms with Gasteiger partial charge in [0.1, 0.15) is 0 Å². The molecule has 1 heterocycles. The molecule has 0 spiro atoms. The second-order valence-corrected chi connectivity index (χ2v) is 9.41. The third-order valence-electron chi connectivity index (χ3n) is 4.05. The fourth-order valence-electron chi connectivity index (χ4n) is 2.86. The summed E-state index contributed by atoms with van der Waals surface area (Å²) in [6.45, 7) is 7.99. The van der Waals surface area contributed by atoms with Crippen LogP contribution in [0.5, 0.6) is 0 Å². The van der Waals surface area contributed by atoms with Crippen molar-refractivity contribution in [3.05, 3.63) is 29.8 Å². The van der Waals surface area contributed by atoms with Crippen LogP contribution in [0.4, 0.5) is 0 Å². The Morgan fingerprint density at radius 3 is 2.38 bits per heavy atom. The maximum atomic E-state index is 12.8. The number of nitriles is 1. The van der Waals surface area contributed by atoms with Crippen molar-refractivity contribution in [3.63, 3.8) is 0 Å². The van der Waals surface area contributed by atoms with Crippen molar-refractivity contribution in [2.45, 2.75) is 37.6 Å². The summed E-state index contributed by atoms with van der Waals surface area (Å²) in [6.07, 6.45) is 0.665. The van der Waals surface area contributed by atoms with E-state index in [9.17, 15) is 13.2 Å². The van der Waals surface area contributed by atoms with E-state index in [1.807, 2.05) is 31.7 Å². The quantitative estimate of drug-likeness (QED) is 0.849. The Labute approximate surface area is 155 Å². The Balaban J connectivity index is 2.00. The minimum absolute atomic E-state index is 0.0547. The van der Waals surface area contributed by atoms with Crippen molar-refractivity contribution in [2.75, 3.05) is 32.7 Å². The number of amides is 1. The lowest BCUT2D eigenvalue weighted by Gasteiger charge is -2.25. The number of hydrogen-bond acceptors (Lipinski definition) is 5. The Morgan fingerprint density at radius 2 is 1.81 bits per heavy atom. The smallest absolute Gasteiger partial charge is 0.243 e. The minimum atomic E-state index is -3.59. The van der Waals surface area contributed by atoms with E-state index in [1.165, 1.54) is 28.6 Å². The first-order chi connectivity index (χ1) is 12.1. The number of nitrogens with one attached hydrogen (secondary N) is 1. The molecule has 1 aromatic carbocycles.